The molecule has 0 heterocycles. The SMILES string of the molecule is NC1=CC=C(C=Cc2ccc(N)cc2)CC1(C(=O)O)C(=O)O. The number of rotatable bonds is 4. The molecule has 6 nitrogen and oxygen atoms in total. The lowest BCUT2D eigenvalue weighted by molar-refractivity contribution is -0.161. The lowest BCUT2D eigenvalue weighted by Gasteiger charge is -2.28. The van der Waals surface area contributed by atoms with Crippen molar-refractivity contribution in [2.75, 3.05) is 5.73 Å². The van der Waals surface area contributed by atoms with Crippen molar-refractivity contribution in [1.82, 2.24) is 0 Å². The largest absolute Gasteiger partial charge is 0.480 e. The summed E-state index contributed by atoms with van der Waals surface area (Å²) in [6.45, 7) is 0. The van der Waals surface area contributed by atoms with E-state index in [1.54, 1.807) is 42.5 Å². The van der Waals surface area contributed by atoms with Gasteiger partial charge in [-0.2, -0.15) is 0 Å². The van der Waals surface area contributed by atoms with Gasteiger partial charge in [-0.1, -0.05) is 30.4 Å². The quantitative estimate of drug-likeness (QED) is 0.494. The number of carboxylic acid groups (broad SMARTS) is 2. The van der Waals surface area contributed by atoms with E-state index in [1.165, 1.54) is 6.08 Å². The Balaban J connectivity index is 2.29. The maximum atomic E-state index is 11.4. The maximum absolute atomic E-state index is 11.4. The summed E-state index contributed by atoms with van der Waals surface area (Å²) >= 11 is 0. The molecule has 2 rings (SSSR count). The van der Waals surface area contributed by atoms with E-state index >= 15 is 0 Å². The number of hydrogen-bond acceptors (Lipinski definition) is 4. The number of nitrogens with two attached hydrogens (primary N) is 2. The van der Waals surface area contributed by atoms with Crippen molar-refractivity contribution in [2.24, 2.45) is 11.1 Å². The molecule has 0 aliphatic heterocycles. The first-order chi connectivity index (χ1) is 10.4. The molecule has 22 heavy (non-hydrogen) atoms. The molecule has 0 atom stereocenters. The molecular formula is C16H16N2O4. The molecule has 0 aromatic heterocycles. The minimum atomic E-state index is -2.12. The molecule has 0 unspecified atom stereocenters. The first-order valence-corrected chi connectivity index (χ1v) is 6.53. The van der Waals surface area contributed by atoms with Gasteiger partial charge in [0, 0.05) is 17.8 Å². The number of anilines is 1. The van der Waals surface area contributed by atoms with Crippen molar-refractivity contribution in [3.63, 3.8) is 0 Å². The van der Waals surface area contributed by atoms with Crippen molar-refractivity contribution in [2.45, 2.75) is 6.42 Å². The van der Waals surface area contributed by atoms with E-state index in [1.807, 2.05) is 0 Å². The Kier molecular flexibility index (Phi) is 4.03. The summed E-state index contributed by atoms with van der Waals surface area (Å²) in [5.74, 6) is -2.94. The number of carbonyl (C=O) groups is 2. The van der Waals surface area contributed by atoms with Gasteiger partial charge in [-0.3, -0.25) is 9.59 Å². The van der Waals surface area contributed by atoms with Crippen molar-refractivity contribution >= 4 is 23.7 Å². The minimum absolute atomic E-state index is 0.183. The summed E-state index contributed by atoms with van der Waals surface area (Å²) in [6.07, 6.45) is 6.18. The van der Waals surface area contributed by atoms with Gasteiger partial charge in [0.25, 0.3) is 0 Å². The molecular weight excluding hydrogens is 284 g/mol. The van der Waals surface area contributed by atoms with Crippen molar-refractivity contribution < 1.29 is 19.8 Å². The zero-order valence-electron chi connectivity index (χ0n) is 11.7. The topological polar surface area (TPSA) is 127 Å². The van der Waals surface area contributed by atoms with Crippen molar-refractivity contribution in [3.8, 4) is 0 Å². The van der Waals surface area contributed by atoms with Gasteiger partial charge in [-0.15, -0.1) is 0 Å². The second kappa shape index (κ2) is 5.77. The highest BCUT2D eigenvalue weighted by Gasteiger charge is 2.50. The molecule has 0 amide bonds. The van der Waals surface area contributed by atoms with Gasteiger partial charge in [0.2, 0.25) is 5.41 Å². The van der Waals surface area contributed by atoms with Crippen LogP contribution in [0.1, 0.15) is 12.0 Å². The van der Waals surface area contributed by atoms with Crippen molar-refractivity contribution in [3.05, 3.63) is 59.3 Å². The molecule has 1 aromatic rings. The predicted molar refractivity (Wildman–Crippen MR) is 82.6 cm³/mol. The smallest absolute Gasteiger partial charge is 0.327 e. The second-order valence-corrected chi connectivity index (χ2v) is 5.06. The minimum Gasteiger partial charge on any atom is -0.480 e. The van der Waals surface area contributed by atoms with Crippen LogP contribution in [-0.4, -0.2) is 22.2 Å². The Morgan fingerprint density at radius 3 is 2.14 bits per heavy atom. The van der Waals surface area contributed by atoms with Gasteiger partial charge in [0.05, 0.1) is 0 Å². The van der Waals surface area contributed by atoms with Gasteiger partial charge in [0.1, 0.15) is 0 Å². The fraction of sp³-hybridized carbons (Fsp3) is 0.125. The summed E-state index contributed by atoms with van der Waals surface area (Å²) in [4.78, 5) is 22.8. The fourth-order valence-electron chi connectivity index (χ4n) is 2.22. The van der Waals surface area contributed by atoms with Crippen LogP contribution in [0.5, 0.6) is 0 Å². The van der Waals surface area contributed by atoms with Gasteiger partial charge < -0.3 is 21.7 Å². The Morgan fingerprint density at radius 1 is 1.00 bits per heavy atom. The second-order valence-electron chi connectivity index (χ2n) is 5.06. The molecule has 0 fully saturated rings. The van der Waals surface area contributed by atoms with Gasteiger partial charge >= 0.3 is 11.9 Å². The number of benzene rings is 1. The highest BCUT2D eigenvalue weighted by Crippen LogP contribution is 2.36. The van der Waals surface area contributed by atoms with Gasteiger partial charge in [-0.05, 0) is 29.3 Å². The Morgan fingerprint density at radius 2 is 1.59 bits per heavy atom. The first kappa shape index (κ1) is 15.4. The third kappa shape index (κ3) is 2.71. The normalized spacial score (nSPS) is 16.9. The molecule has 1 aliphatic carbocycles. The molecule has 0 saturated carbocycles. The molecule has 6 N–H and O–H groups in total. The number of nitrogen functional groups attached to an aromatic ring is 1. The van der Waals surface area contributed by atoms with E-state index in [2.05, 4.69) is 0 Å². The Hall–Kier alpha value is -3.02. The molecule has 0 bridgehead atoms. The standard InChI is InChI=1S/C16H16N2O4/c17-12-6-3-10(4-7-12)1-2-11-5-8-13(18)16(9-11,14(19)20)15(21)22/h1-8H,9,17-18H2,(H,19,20)(H,21,22). The summed E-state index contributed by atoms with van der Waals surface area (Å²) in [5, 5.41) is 18.6. The van der Waals surface area contributed by atoms with Crippen LogP contribution in [0, 0.1) is 5.41 Å². The van der Waals surface area contributed by atoms with E-state index < -0.39 is 17.4 Å². The molecule has 1 aliphatic rings. The number of aliphatic carboxylic acids is 2. The average Bonchev–Trinajstić information content (AvgIpc) is 2.47. The van der Waals surface area contributed by atoms with Crippen LogP contribution in [0.2, 0.25) is 0 Å². The van der Waals surface area contributed by atoms with Crippen LogP contribution in [0.15, 0.2) is 53.8 Å². The number of carboxylic acids is 2. The maximum Gasteiger partial charge on any atom is 0.327 e. The Labute approximate surface area is 127 Å². The molecule has 0 saturated heterocycles. The van der Waals surface area contributed by atoms with Crippen molar-refractivity contribution in [1.29, 1.82) is 0 Å². The Bertz CT molecular complexity index is 685. The molecule has 1 aromatic carbocycles. The fourth-order valence-corrected chi connectivity index (χ4v) is 2.22. The summed E-state index contributed by atoms with van der Waals surface area (Å²) in [6, 6.07) is 7.10. The number of allylic oxidation sites excluding steroid dienone is 4. The summed E-state index contributed by atoms with van der Waals surface area (Å²) < 4.78 is 0. The molecule has 0 spiro atoms. The molecule has 6 heteroatoms. The zero-order chi connectivity index (χ0) is 16.3. The van der Waals surface area contributed by atoms with E-state index in [4.69, 9.17) is 11.5 Å². The van der Waals surface area contributed by atoms with E-state index in [-0.39, 0.29) is 12.1 Å². The van der Waals surface area contributed by atoms with E-state index in [9.17, 15) is 19.8 Å². The van der Waals surface area contributed by atoms with Gasteiger partial charge in [-0.25, -0.2) is 0 Å². The highest BCUT2D eigenvalue weighted by molar-refractivity contribution is 6.02. The first-order valence-electron chi connectivity index (χ1n) is 6.53. The van der Waals surface area contributed by atoms with Crippen LogP contribution >= 0.6 is 0 Å². The van der Waals surface area contributed by atoms with Crippen LogP contribution in [0.4, 0.5) is 5.69 Å². The van der Waals surface area contributed by atoms with Gasteiger partial charge in [0.15, 0.2) is 0 Å². The van der Waals surface area contributed by atoms with Crippen LogP contribution in [0.3, 0.4) is 0 Å². The zero-order valence-corrected chi connectivity index (χ0v) is 11.7. The molecule has 114 valence electrons. The number of hydrogen-bond donors (Lipinski definition) is 4. The summed E-state index contributed by atoms with van der Waals surface area (Å²) in [7, 11) is 0. The van der Waals surface area contributed by atoms with E-state index in [0.29, 0.717) is 11.3 Å². The van der Waals surface area contributed by atoms with Crippen LogP contribution < -0.4 is 11.5 Å². The lowest BCUT2D eigenvalue weighted by atomic mass is 9.75. The third-order valence-electron chi connectivity index (χ3n) is 3.60. The van der Waals surface area contributed by atoms with E-state index in [0.717, 1.165) is 5.56 Å². The van der Waals surface area contributed by atoms with Crippen LogP contribution in [-0.2, 0) is 9.59 Å². The lowest BCUT2D eigenvalue weighted by Crippen LogP contribution is -2.45. The monoisotopic (exact) mass is 300 g/mol. The molecule has 0 radical (unpaired) electrons. The summed E-state index contributed by atoms with van der Waals surface area (Å²) in [5.41, 5.74) is 11.0. The predicted octanol–water partition coefficient (Wildman–Crippen LogP) is 1.61. The average molecular weight is 300 g/mol. The van der Waals surface area contributed by atoms with Crippen LogP contribution in [0.25, 0.3) is 6.08 Å². The third-order valence-corrected chi connectivity index (χ3v) is 3.60. The highest BCUT2D eigenvalue weighted by atomic mass is 16.4.